The van der Waals surface area contributed by atoms with Crippen molar-refractivity contribution in [2.75, 3.05) is 32.8 Å². The van der Waals surface area contributed by atoms with Gasteiger partial charge in [0.05, 0.1) is 19.3 Å². The lowest BCUT2D eigenvalue weighted by atomic mass is 10.0. The van der Waals surface area contributed by atoms with Crippen LogP contribution >= 0.6 is 0 Å². The third-order valence-electron chi connectivity index (χ3n) is 5.48. The summed E-state index contributed by atoms with van der Waals surface area (Å²) in [6.07, 6.45) is 0.731. The Labute approximate surface area is 166 Å². The van der Waals surface area contributed by atoms with Crippen LogP contribution in [0.2, 0.25) is 0 Å². The van der Waals surface area contributed by atoms with Gasteiger partial charge in [0.15, 0.2) is 0 Å². The van der Waals surface area contributed by atoms with Crippen molar-refractivity contribution in [1.82, 2.24) is 21.1 Å². The molecule has 1 amide bonds. The van der Waals surface area contributed by atoms with Gasteiger partial charge in [-0.15, -0.1) is 0 Å². The first kappa shape index (κ1) is 19.1. The van der Waals surface area contributed by atoms with Gasteiger partial charge in [-0.05, 0) is 17.5 Å². The summed E-state index contributed by atoms with van der Waals surface area (Å²) in [5, 5.41) is 3.27. The number of benzene rings is 2. The third-order valence-corrected chi connectivity index (χ3v) is 5.48. The van der Waals surface area contributed by atoms with Crippen LogP contribution in [0.4, 0.5) is 0 Å². The van der Waals surface area contributed by atoms with E-state index in [0.29, 0.717) is 0 Å². The van der Waals surface area contributed by atoms with E-state index in [4.69, 9.17) is 4.74 Å². The summed E-state index contributed by atoms with van der Waals surface area (Å²) in [6, 6.07) is 20.3. The lowest BCUT2D eigenvalue weighted by Gasteiger charge is -2.31. The maximum Gasteiger partial charge on any atom is 0.239 e. The monoisotopic (exact) mass is 380 g/mol. The minimum absolute atomic E-state index is 0.0352. The van der Waals surface area contributed by atoms with Crippen molar-refractivity contribution in [1.29, 1.82) is 0 Å². The van der Waals surface area contributed by atoms with Crippen molar-refractivity contribution < 1.29 is 9.53 Å². The molecule has 4 rings (SSSR count). The Morgan fingerprint density at radius 3 is 2.43 bits per heavy atom. The van der Waals surface area contributed by atoms with Crippen LogP contribution in [0.25, 0.3) is 0 Å². The van der Waals surface area contributed by atoms with Gasteiger partial charge in [-0.1, -0.05) is 60.7 Å². The fourth-order valence-corrected chi connectivity index (χ4v) is 3.87. The Bertz CT molecular complexity index is 750. The Morgan fingerprint density at radius 2 is 1.71 bits per heavy atom. The molecule has 0 bridgehead atoms. The number of morpholine rings is 1. The molecule has 2 aromatic carbocycles. The molecule has 6 heteroatoms. The molecule has 2 fully saturated rings. The standard InChI is InChI=1S/C22H28N4O2/c27-22(20-15-19(24-25-20)17-7-3-1-4-8-17)23-21(18-9-5-2-6-10-18)16-26-11-13-28-14-12-26/h1-10,19-21,24-25H,11-16H2,(H,23,27). The summed E-state index contributed by atoms with van der Waals surface area (Å²) in [4.78, 5) is 15.3. The highest BCUT2D eigenvalue weighted by molar-refractivity contribution is 5.82. The molecule has 2 aromatic rings. The van der Waals surface area contributed by atoms with E-state index in [0.717, 1.165) is 44.8 Å². The largest absolute Gasteiger partial charge is 0.379 e. The number of carbonyl (C=O) groups is 1. The number of rotatable bonds is 6. The van der Waals surface area contributed by atoms with Crippen molar-refractivity contribution in [3.63, 3.8) is 0 Å². The van der Waals surface area contributed by atoms with Gasteiger partial charge in [-0.25, -0.2) is 10.9 Å². The second kappa shape index (κ2) is 9.30. The minimum Gasteiger partial charge on any atom is -0.379 e. The minimum atomic E-state index is -0.249. The summed E-state index contributed by atoms with van der Waals surface area (Å²) < 4.78 is 5.46. The van der Waals surface area contributed by atoms with Gasteiger partial charge >= 0.3 is 0 Å². The molecule has 6 nitrogen and oxygen atoms in total. The number of nitrogens with one attached hydrogen (secondary N) is 3. The van der Waals surface area contributed by atoms with Gasteiger partial charge in [0.2, 0.25) is 5.91 Å². The molecular weight excluding hydrogens is 352 g/mol. The smallest absolute Gasteiger partial charge is 0.239 e. The number of nitrogens with zero attached hydrogens (tertiary/aromatic N) is 1. The Hall–Kier alpha value is -2.25. The Kier molecular flexibility index (Phi) is 6.34. The van der Waals surface area contributed by atoms with Crippen molar-refractivity contribution in [3.05, 3.63) is 71.8 Å². The fourth-order valence-electron chi connectivity index (χ4n) is 3.87. The van der Waals surface area contributed by atoms with E-state index in [2.05, 4.69) is 45.3 Å². The Balaban J connectivity index is 1.40. The predicted molar refractivity (Wildman–Crippen MR) is 108 cm³/mol. The van der Waals surface area contributed by atoms with Crippen LogP contribution in [0.3, 0.4) is 0 Å². The molecule has 0 aromatic heterocycles. The van der Waals surface area contributed by atoms with Crippen LogP contribution in [0.1, 0.15) is 29.6 Å². The van der Waals surface area contributed by atoms with E-state index < -0.39 is 0 Å². The zero-order valence-corrected chi connectivity index (χ0v) is 16.0. The average molecular weight is 380 g/mol. The predicted octanol–water partition coefficient (Wildman–Crippen LogP) is 1.78. The van der Waals surface area contributed by atoms with Crippen LogP contribution in [0.15, 0.2) is 60.7 Å². The van der Waals surface area contributed by atoms with Crippen molar-refractivity contribution in [2.45, 2.75) is 24.5 Å². The van der Waals surface area contributed by atoms with Crippen LogP contribution in [0, 0.1) is 0 Å². The molecule has 0 radical (unpaired) electrons. The zero-order valence-electron chi connectivity index (χ0n) is 16.0. The number of hydrazine groups is 1. The SMILES string of the molecule is O=C(NC(CN1CCOCC1)c1ccccc1)C1CC(c2ccccc2)NN1. The van der Waals surface area contributed by atoms with Crippen molar-refractivity contribution in [2.24, 2.45) is 0 Å². The highest BCUT2D eigenvalue weighted by Crippen LogP contribution is 2.23. The molecule has 0 spiro atoms. The molecule has 2 aliphatic rings. The molecule has 3 unspecified atom stereocenters. The van der Waals surface area contributed by atoms with E-state index in [1.807, 2.05) is 36.4 Å². The van der Waals surface area contributed by atoms with E-state index >= 15 is 0 Å². The second-order valence-corrected chi connectivity index (χ2v) is 7.43. The number of hydrogen-bond acceptors (Lipinski definition) is 5. The molecule has 148 valence electrons. The molecule has 28 heavy (non-hydrogen) atoms. The molecular formula is C22H28N4O2. The zero-order chi connectivity index (χ0) is 19.2. The second-order valence-electron chi connectivity index (χ2n) is 7.43. The van der Waals surface area contributed by atoms with Gasteiger partial charge in [0, 0.05) is 25.7 Å². The molecule has 0 aliphatic carbocycles. The quantitative estimate of drug-likeness (QED) is 0.713. The van der Waals surface area contributed by atoms with E-state index in [1.54, 1.807) is 0 Å². The summed E-state index contributed by atoms with van der Waals surface area (Å²) in [5.41, 5.74) is 8.76. The maximum absolute atomic E-state index is 13.0. The highest BCUT2D eigenvalue weighted by Gasteiger charge is 2.31. The van der Waals surface area contributed by atoms with Crippen molar-refractivity contribution >= 4 is 5.91 Å². The van der Waals surface area contributed by atoms with Gasteiger partial charge < -0.3 is 10.1 Å². The molecule has 3 N–H and O–H groups in total. The molecule has 2 saturated heterocycles. The van der Waals surface area contributed by atoms with E-state index in [-0.39, 0.29) is 24.0 Å². The number of carbonyl (C=O) groups excluding carboxylic acids is 1. The summed E-state index contributed by atoms with van der Waals surface area (Å²) >= 11 is 0. The van der Waals surface area contributed by atoms with Crippen molar-refractivity contribution in [3.8, 4) is 0 Å². The highest BCUT2D eigenvalue weighted by atomic mass is 16.5. The molecule has 2 heterocycles. The summed E-state index contributed by atoms with van der Waals surface area (Å²) in [6.45, 7) is 4.10. The fraction of sp³-hybridized carbons (Fsp3) is 0.409. The number of amides is 1. The number of hydrogen-bond donors (Lipinski definition) is 3. The van der Waals surface area contributed by atoms with Crippen LogP contribution in [-0.2, 0) is 9.53 Å². The Morgan fingerprint density at radius 1 is 1.04 bits per heavy atom. The first-order chi connectivity index (χ1) is 13.8. The summed E-state index contributed by atoms with van der Waals surface area (Å²) in [5.74, 6) is 0.0352. The average Bonchev–Trinajstić information content (AvgIpc) is 3.26. The van der Waals surface area contributed by atoms with E-state index in [1.165, 1.54) is 5.56 Å². The first-order valence-electron chi connectivity index (χ1n) is 10.0. The normalized spacial score (nSPS) is 24.0. The lowest BCUT2D eigenvalue weighted by Crippen LogP contribution is -2.48. The molecule has 3 atom stereocenters. The topological polar surface area (TPSA) is 65.6 Å². The van der Waals surface area contributed by atoms with Gasteiger partial charge in [-0.2, -0.15) is 0 Å². The van der Waals surface area contributed by atoms with Crippen LogP contribution in [0.5, 0.6) is 0 Å². The van der Waals surface area contributed by atoms with Gasteiger partial charge in [-0.3, -0.25) is 9.69 Å². The lowest BCUT2D eigenvalue weighted by molar-refractivity contribution is -0.123. The van der Waals surface area contributed by atoms with Gasteiger partial charge in [0.25, 0.3) is 0 Å². The first-order valence-corrected chi connectivity index (χ1v) is 10.0. The third kappa shape index (κ3) is 4.77. The van der Waals surface area contributed by atoms with Gasteiger partial charge in [0.1, 0.15) is 6.04 Å². The maximum atomic E-state index is 13.0. The van der Waals surface area contributed by atoms with E-state index in [9.17, 15) is 4.79 Å². The van der Waals surface area contributed by atoms with Crippen LogP contribution < -0.4 is 16.2 Å². The number of ether oxygens (including phenoxy) is 1. The van der Waals surface area contributed by atoms with Crippen LogP contribution in [-0.4, -0.2) is 49.7 Å². The summed E-state index contributed by atoms with van der Waals surface area (Å²) in [7, 11) is 0. The molecule has 0 saturated carbocycles. The molecule has 2 aliphatic heterocycles.